The van der Waals surface area contributed by atoms with Gasteiger partial charge >= 0.3 is 0 Å². The van der Waals surface area contributed by atoms with E-state index in [2.05, 4.69) is 327 Å². The van der Waals surface area contributed by atoms with E-state index < -0.39 is 48.4 Å². The molecule has 0 atom stereocenters. The topological polar surface area (TPSA) is 20.6 Å². The van der Waals surface area contributed by atoms with Gasteiger partial charge in [-0.05, 0) is 190 Å². The van der Waals surface area contributed by atoms with Crippen LogP contribution in [0, 0.1) is 0 Å². The molecule has 0 unspecified atom stereocenters. The molecule has 0 amide bonds. The highest BCUT2D eigenvalue weighted by atomic mass is 16.5. The van der Waals surface area contributed by atoms with Crippen molar-refractivity contribution in [3.8, 4) is 61.7 Å². The Balaban J connectivity index is 0.999. The molecule has 15 aromatic rings. The number of aromatic nitrogens is 1. The summed E-state index contributed by atoms with van der Waals surface area (Å²) in [6.07, 6.45) is 0. The molecule has 0 spiro atoms. The Hall–Kier alpha value is -11.7. The molecule has 102 heavy (non-hydrogen) atoms. The molecule has 3 aliphatic heterocycles. The van der Waals surface area contributed by atoms with Crippen molar-refractivity contribution in [1.29, 1.82) is 0 Å². The Labute approximate surface area is 611 Å². The van der Waals surface area contributed by atoms with Crippen LogP contribution in [0.1, 0.15) is 112 Å². The van der Waals surface area contributed by atoms with E-state index in [-0.39, 0.29) is 50.1 Å². The SMILES string of the molecule is [2H]c1c([2H])c([2H])c2c(c1[2H])c1c([2H])c([2H])c([2H])c([2H])c1n2-c1ccc2c(c1)N(c1c(-c3ccccc3)cc(C(C)(C)C)cc1-c1ccccc1)c1cc(-c3ccc4c(c3)C(c3ccccc3)(c3ccccc3)c3ccccc3N4c3ccccc3)cc3c1B2c1ccc(-c2cc(C(C)(C)C)cc(C(C)(C)C)c2)cc1O3. The lowest BCUT2D eigenvalue weighted by Gasteiger charge is -2.46. The van der Waals surface area contributed by atoms with E-state index >= 15 is 0 Å². The predicted octanol–water partition coefficient (Wildman–Crippen LogP) is 23.9. The van der Waals surface area contributed by atoms with E-state index in [1.165, 1.54) is 11.1 Å². The van der Waals surface area contributed by atoms with Crippen LogP contribution < -0.4 is 30.9 Å². The van der Waals surface area contributed by atoms with Crippen LogP contribution in [0.25, 0.3) is 72.0 Å². The Morgan fingerprint density at radius 1 is 0.343 bits per heavy atom. The molecule has 0 radical (unpaired) electrons. The number of fused-ring (bicyclic) bond motifs is 9. The number of hydrogen-bond acceptors (Lipinski definition) is 3. The first-order valence-electron chi connectivity index (χ1n) is 39.4. The van der Waals surface area contributed by atoms with E-state index in [1.807, 2.05) is 18.2 Å². The molecule has 3 aliphatic rings. The van der Waals surface area contributed by atoms with Crippen molar-refractivity contribution < 1.29 is 15.7 Å². The number of anilines is 6. The van der Waals surface area contributed by atoms with Crippen molar-refractivity contribution in [2.24, 2.45) is 0 Å². The van der Waals surface area contributed by atoms with Crippen LogP contribution in [-0.4, -0.2) is 11.3 Å². The van der Waals surface area contributed by atoms with Gasteiger partial charge < -0.3 is 19.1 Å². The van der Waals surface area contributed by atoms with E-state index in [0.29, 0.717) is 17.2 Å². The molecule has 0 N–H and O–H groups in total. The van der Waals surface area contributed by atoms with Gasteiger partial charge in [-0.2, -0.15) is 0 Å². The lowest BCUT2D eigenvalue weighted by Crippen LogP contribution is -2.59. The van der Waals surface area contributed by atoms with Crippen molar-refractivity contribution in [1.82, 2.24) is 4.57 Å². The van der Waals surface area contributed by atoms with Gasteiger partial charge in [0.15, 0.2) is 0 Å². The minimum Gasteiger partial charge on any atom is -0.458 e. The van der Waals surface area contributed by atoms with E-state index in [1.54, 1.807) is 4.57 Å². The maximum atomic E-state index is 9.83. The average molecular weight is 1320 g/mol. The predicted molar refractivity (Wildman–Crippen MR) is 431 cm³/mol. The second kappa shape index (κ2) is 23.8. The standard InChI is InChI=1S/C97H80BN3O/c1-94(2,3)71-53-67(54-72(59-71)95(4,5)6)66-47-50-83-90(57-66)102-91-58-68(65-48-52-87-81(55-65)97(69-35-19-12-20-36-69,70-37-21-13-22-38-70)80-43-27-30-46-86(80)99(87)74-39-23-14-24-40-74)56-89-92(91)98(83)82-51-49-75(100-84-44-28-25-41-76(84)77-42-26-29-45-85(77)100)62-88(82)101(89)93-78(63-31-15-10-16-32-63)60-73(96(7,8)9)61-79(93)64-33-17-11-18-34-64/h10-62H,1-9H3/i25D,26D,28D,29D,41D,42D,44D,45D. The molecular weight excluding hydrogens is 1230 g/mol. The second-order valence-electron chi connectivity index (χ2n) is 30.7. The Morgan fingerprint density at radius 3 is 1.41 bits per heavy atom. The zero-order valence-electron chi connectivity index (χ0n) is 66.8. The van der Waals surface area contributed by atoms with Crippen LogP contribution in [-0.2, 0) is 21.7 Å². The first-order chi connectivity index (χ1) is 52.8. The normalized spacial score (nSPS) is 14.7. The summed E-state index contributed by atoms with van der Waals surface area (Å²) in [5, 5.41) is 0.00647. The minimum atomic E-state index is -0.852. The van der Waals surface area contributed by atoms with Crippen molar-refractivity contribution in [3.63, 3.8) is 0 Å². The number of ether oxygens (including phenoxy) is 1. The van der Waals surface area contributed by atoms with Gasteiger partial charge in [-0.3, -0.25) is 0 Å². The highest BCUT2D eigenvalue weighted by Crippen LogP contribution is 2.59. The first kappa shape index (κ1) is 54.2. The number of benzene rings is 14. The van der Waals surface area contributed by atoms with Gasteiger partial charge in [-0.25, -0.2) is 0 Å². The first-order valence-corrected chi connectivity index (χ1v) is 35.4. The van der Waals surface area contributed by atoms with Crippen LogP contribution in [0.2, 0.25) is 0 Å². The Bertz CT molecular complexity index is 6090. The van der Waals surface area contributed by atoms with Crippen molar-refractivity contribution in [2.75, 3.05) is 9.80 Å². The summed E-state index contributed by atoms with van der Waals surface area (Å²) >= 11 is 0. The van der Waals surface area contributed by atoms with Gasteiger partial charge in [0.1, 0.15) is 11.5 Å². The van der Waals surface area contributed by atoms with Crippen molar-refractivity contribution >= 4 is 79.0 Å². The van der Waals surface area contributed by atoms with E-state index in [4.69, 9.17) is 7.48 Å². The molecule has 14 aromatic carbocycles. The van der Waals surface area contributed by atoms with E-state index in [0.717, 1.165) is 123 Å². The smallest absolute Gasteiger partial charge is 0.256 e. The van der Waals surface area contributed by atoms with Crippen LogP contribution in [0.15, 0.2) is 321 Å². The molecule has 4 nitrogen and oxygen atoms in total. The summed E-state index contributed by atoms with van der Waals surface area (Å²) in [4.78, 5) is 4.80. The molecule has 5 heteroatoms. The Morgan fingerprint density at radius 2 is 0.824 bits per heavy atom. The summed E-state index contributed by atoms with van der Waals surface area (Å²) in [6.45, 7) is 19.9. The molecule has 0 saturated carbocycles. The van der Waals surface area contributed by atoms with Crippen LogP contribution >= 0.6 is 0 Å². The number of hydrogen-bond donors (Lipinski definition) is 0. The second-order valence-corrected chi connectivity index (χ2v) is 30.7. The molecule has 18 rings (SSSR count). The molecule has 0 fully saturated rings. The lowest BCUT2D eigenvalue weighted by molar-refractivity contribution is 0.488. The third-order valence-corrected chi connectivity index (χ3v) is 21.4. The van der Waals surface area contributed by atoms with Gasteiger partial charge in [0.05, 0.1) is 44.5 Å². The number of rotatable bonds is 9. The van der Waals surface area contributed by atoms with Gasteiger partial charge in [0.25, 0.3) is 6.71 Å². The molecule has 1 aromatic heterocycles. The average Bonchev–Trinajstić information content (AvgIpc) is 0.961. The summed E-state index contributed by atoms with van der Waals surface area (Å²) in [5.41, 5.74) is 23.0. The molecule has 4 heterocycles. The van der Waals surface area contributed by atoms with Gasteiger partial charge in [-0.1, -0.05) is 299 Å². The highest BCUT2D eigenvalue weighted by molar-refractivity contribution is 6.99. The zero-order valence-corrected chi connectivity index (χ0v) is 58.8. The fraction of sp³-hybridized carbons (Fsp3) is 0.134. The number of para-hydroxylation sites is 4. The van der Waals surface area contributed by atoms with Crippen molar-refractivity contribution in [3.05, 3.63) is 360 Å². The summed E-state index contributed by atoms with van der Waals surface area (Å²) in [7, 11) is 0. The van der Waals surface area contributed by atoms with Crippen LogP contribution in [0.4, 0.5) is 34.1 Å². The maximum Gasteiger partial charge on any atom is 0.256 e. The largest absolute Gasteiger partial charge is 0.458 e. The van der Waals surface area contributed by atoms with Gasteiger partial charge in [0.2, 0.25) is 0 Å². The minimum absolute atomic E-state index is 0.00324. The van der Waals surface area contributed by atoms with Gasteiger partial charge in [0, 0.05) is 44.6 Å². The quantitative estimate of drug-likeness (QED) is 0.134. The maximum absolute atomic E-state index is 9.83. The third kappa shape index (κ3) is 10.1. The molecule has 0 aliphatic carbocycles. The Kier molecular flexibility index (Phi) is 12.6. The van der Waals surface area contributed by atoms with Crippen molar-refractivity contribution in [2.45, 2.75) is 84.0 Å². The summed E-state index contributed by atoms with van der Waals surface area (Å²) in [6, 6.07) is 94.8. The summed E-state index contributed by atoms with van der Waals surface area (Å²) < 4.78 is 85.0. The lowest BCUT2D eigenvalue weighted by atomic mass is 9.34. The molecular formula is C97H80BN3O. The number of nitrogens with zero attached hydrogens (tertiary/aromatic N) is 3. The summed E-state index contributed by atoms with van der Waals surface area (Å²) in [5.74, 6) is 1.36. The zero-order chi connectivity index (χ0) is 76.4. The molecule has 0 saturated heterocycles. The monoisotopic (exact) mass is 1320 g/mol. The third-order valence-electron chi connectivity index (χ3n) is 21.4. The molecule has 492 valence electrons. The van der Waals surface area contributed by atoms with Crippen LogP contribution in [0.5, 0.6) is 11.5 Å². The van der Waals surface area contributed by atoms with E-state index in [9.17, 15) is 8.22 Å². The molecule has 0 bridgehead atoms. The highest BCUT2D eigenvalue weighted by Gasteiger charge is 2.48. The van der Waals surface area contributed by atoms with Crippen LogP contribution in [0.3, 0.4) is 0 Å². The fourth-order valence-corrected chi connectivity index (χ4v) is 16.3. The fourth-order valence-electron chi connectivity index (χ4n) is 16.3. The van der Waals surface area contributed by atoms with Gasteiger partial charge in [-0.15, -0.1) is 0 Å².